The van der Waals surface area contributed by atoms with Gasteiger partial charge in [-0.1, -0.05) is 12.8 Å². The van der Waals surface area contributed by atoms with E-state index in [-0.39, 0.29) is 12.3 Å². The molecule has 0 atom stereocenters. The lowest BCUT2D eigenvalue weighted by Crippen LogP contribution is -2.35. The molecule has 1 aliphatic rings. The molecule has 0 aromatic carbocycles. The zero-order chi connectivity index (χ0) is 12.9. The van der Waals surface area contributed by atoms with Crippen LogP contribution in [0.4, 0.5) is 0 Å². The van der Waals surface area contributed by atoms with E-state index in [1.54, 1.807) is 11.9 Å². The molecule has 17 heavy (non-hydrogen) atoms. The molecule has 1 aliphatic heterocycles. The summed E-state index contributed by atoms with van der Waals surface area (Å²) in [7, 11) is -1.40. The Bertz CT molecular complexity index is 354. The van der Waals surface area contributed by atoms with Crippen molar-refractivity contribution < 1.29 is 13.2 Å². The molecule has 0 aromatic heterocycles. The van der Waals surface area contributed by atoms with Crippen molar-refractivity contribution in [3.63, 3.8) is 0 Å². The Morgan fingerprint density at radius 1 is 1.00 bits per heavy atom. The van der Waals surface area contributed by atoms with E-state index in [9.17, 15) is 13.2 Å². The molecule has 1 fully saturated rings. The van der Waals surface area contributed by atoms with Crippen molar-refractivity contribution in [1.82, 2.24) is 9.21 Å². The molecule has 0 aromatic rings. The average Bonchev–Trinajstić information content (AvgIpc) is 2.26. The largest absolute Gasteiger partial charge is 0.346 e. The van der Waals surface area contributed by atoms with Gasteiger partial charge in [-0.15, -0.1) is 0 Å². The van der Waals surface area contributed by atoms with Gasteiger partial charge in [0.25, 0.3) is 0 Å². The fourth-order valence-electron chi connectivity index (χ4n) is 1.97. The van der Waals surface area contributed by atoms with Crippen LogP contribution in [0.15, 0.2) is 0 Å². The van der Waals surface area contributed by atoms with E-state index >= 15 is 0 Å². The van der Waals surface area contributed by atoms with E-state index in [0.717, 1.165) is 32.2 Å². The number of hydrogen-bond acceptors (Lipinski definition) is 3. The predicted molar refractivity (Wildman–Crippen MR) is 67.1 cm³/mol. The van der Waals surface area contributed by atoms with Gasteiger partial charge in [-0.05, 0) is 12.8 Å². The molecule has 0 saturated carbocycles. The number of sulfonamides is 1. The monoisotopic (exact) mass is 262 g/mol. The van der Waals surface area contributed by atoms with Crippen LogP contribution < -0.4 is 0 Å². The topological polar surface area (TPSA) is 57.7 Å². The van der Waals surface area contributed by atoms with Crippen LogP contribution in [0.25, 0.3) is 0 Å². The average molecular weight is 262 g/mol. The van der Waals surface area contributed by atoms with Gasteiger partial charge in [0.1, 0.15) is 0 Å². The third kappa shape index (κ3) is 5.04. The molecule has 0 radical (unpaired) electrons. The third-order valence-corrected chi connectivity index (χ3v) is 4.42. The van der Waals surface area contributed by atoms with Crippen LogP contribution in [0.3, 0.4) is 0 Å². The van der Waals surface area contributed by atoms with E-state index in [2.05, 4.69) is 0 Å². The highest BCUT2D eigenvalue weighted by molar-refractivity contribution is 7.88. The van der Waals surface area contributed by atoms with Gasteiger partial charge in [0, 0.05) is 33.1 Å². The maximum atomic E-state index is 11.7. The Balaban J connectivity index is 2.66. The van der Waals surface area contributed by atoms with Crippen molar-refractivity contribution >= 4 is 15.9 Å². The molecule has 0 spiro atoms. The first-order valence-electron chi connectivity index (χ1n) is 6.10. The van der Waals surface area contributed by atoms with Crippen LogP contribution in [0.1, 0.15) is 32.1 Å². The number of hydrogen-bond donors (Lipinski definition) is 0. The van der Waals surface area contributed by atoms with E-state index in [4.69, 9.17) is 0 Å². The normalized spacial score (nSPS) is 22.2. The van der Waals surface area contributed by atoms with Crippen LogP contribution in [0.2, 0.25) is 0 Å². The minimum absolute atomic E-state index is 0.0283. The van der Waals surface area contributed by atoms with Gasteiger partial charge >= 0.3 is 0 Å². The molecule has 0 unspecified atom stereocenters. The van der Waals surface area contributed by atoms with E-state index in [1.807, 2.05) is 0 Å². The number of rotatable bonds is 1. The maximum absolute atomic E-state index is 11.7. The van der Waals surface area contributed by atoms with Crippen LogP contribution in [0, 0.1) is 0 Å². The van der Waals surface area contributed by atoms with Gasteiger partial charge in [-0.25, -0.2) is 12.7 Å². The fourth-order valence-corrected chi connectivity index (χ4v) is 2.85. The van der Waals surface area contributed by atoms with E-state index in [0.29, 0.717) is 13.1 Å². The molecule has 1 saturated heterocycles. The Hall–Kier alpha value is -0.620. The van der Waals surface area contributed by atoms with Crippen LogP contribution in [-0.4, -0.2) is 56.5 Å². The highest BCUT2D eigenvalue weighted by Gasteiger charge is 2.19. The number of nitrogens with zero attached hydrogens (tertiary/aromatic N) is 2. The summed E-state index contributed by atoms with van der Waals surface area (Å²) in [6.45, 7) is 1.62. The van der Waals surface area contributed by atoms with Gasteiger partial charge in [0.2, 0.25) is 15.9 Å². The summed E-state index contributed by atoms with van der Waals surface area (Å²) in [5.41, 5.74) is 0. The Labute approximate surface area is 104 Å². The van der Waals surface area contributed by atoms with Crippen molar-refractivity contribution in [1.29, 1.82) is 0 Å². The van der Waals surface area contributed by atoms with Crippen LogP contribution >= 0.6 is 0 Å². The second-order valence-electron chi connectivity index (χ2n) is 4.64. The summed E-state index contributed by atoms with van der Waals surface area (Å²) in [5, 5.41) is 0. The first-order valence-corrected chi connectivity index (χ1v) is 7.95. The van der Waals surface area contributed by atoms with Crippen molar-refractivity contribution in [3.05, 3.63) is 0 Å². The van der Waals surface area contributed by atoms with E-state index < -0.39 is 10.0 Å². The number of carbonyl (C=O) groups is 1. The van der Waals surface area contributed by atoms with Gasteiger partial charge < -0.3 is 4.90 Å². The highest BCUT2D eigenvalue weighted by atomic mass is 32.2. The summed E-state index contributed by atoms with van der Waals surface area (Å²) in [6, 6.07) is 0. The number of carbonyl (C=O) groups excluding carboxylic acids is 1. The molecule has 1 amide bonds. The first-order chi connectivity index (χ1) is 7.91. The fraction of sp³-hybridized carbons (Fsp3) is 0.909. The molecular weight excluding hydrogens is 240 g/mol. The zero-order valence-electron chi connectivity index (χ0n) is 10.7. The minimum atomic E-state index is -3.18. The predicted octanol–water partition coefficient (Wildman–Crippen LogP) is 0.671. The Morgan fingerprint density at radius 3 is 2.18 bits per heavy atom. The second kappa shape index (κ2) is 6.35. The summed E-state index contributed by atoms with van der Waals surface area (Å²) in [5.74, 6) is 0.0283. The lowest BCUT2D eigenvalue weighted by Gasteiger charge is -2.20. The molecule has 100 valence electrons. The van der Waals surface area contributed by atoms with Crippen LogP contribution in [-0.2, 0) is 14.8 Å². The SMILES string of the molecule is CN1CCCCCCN(S(C)(=O)=O)CCC1=O. The van der Waals surface area contributed by atoms with Crippen molar-refractivity contribution in [3.8, 4) is 0 Å². The zero-order valence-corrected chi connectivity index (χ0v) is 11.5. The summed E-state index contributed by atoms with van der Waals surface area (Å²) < 4.78 is 24.5. The van der Waals surface area contributed by atoms with Crippen molar-refractivity contribution in [2.45, 2.75) is 32.1 Å². The van der Waals surface area contributed by atoms with Gasteiger partial charge in [0.15, 0.2) is 0 Å². The Morgan fingerprint density at radius 2 is 1.59 bits per heavy atom. The molecule has 1 rings (SSSR count). The quantitative estimate of drug-likeness (QED) is 0.698. The van der Waals surface area contributed by atoms with Crippen LogP contribution in [0.5, 0.6) is 0 Å². The molecule has 5 nitrogen and oxygen atoms in total. The molecule has 0 aliphatic carbocycles. The summed E-state index contributed by atoms with van der Waals surface area (Å²) in [4.78, 5) is 13.4. The molecule has 1 heterocycles. The lowest BCUT2D eigenvalue weighted by atomic mass is 10.2. The standard InChI is InChI=1S/C11H22N2O3S/c1-12-8-5-3-4-6-9-13(17(2,15)16)10-7-11(12)14/h3-10H2,1-2H3. The molecule has 6 heteroatoms. The van der Waals surface area contributed by atoms with Crippen molar-refractivity contribution in [2.24, 2.45) is 0 Å². The summed E-state index contributed by atoms with van der Waals surface area (Å²) >= 11 is 0. The highest BCUT2D eigenvalue weighted by Crippen LogP contribution is 2.09. The van der Waals surface area contributed by atoms with Gasteiger partial charge in [0.05, 0.1) is 6.26 Å². The smallest absolute Gasteiger partial charge is 0.223 e. The van der Waals surface area contributed by atoms with Gasteiger partial charge in [-0.2, -0.15) is 0 Å². The summed E-state index contributed by atoms with van der Waals surface area (Å²) in [6.07, 6.45) is 5.44. The first kappa shape index (κ1) is 14.4. The molecule has 0 N–H and O–H groups in total. The molecule has 0 bridgehead atoms. The maximum Gasteiger partial charge on any atom is 0.223 e. The molecular formula is C11H22N2O3S. The van der Waals surface area contributed by atoms with Crippen molar-refractivity contribution in [2.75, 3.05) is 32.9 Å². The Kier molecular flexibility index (Phi) is 5.39. The second-order valence-corrected chi connectivity index (χ2v) is 6.62. The van der Waals surface area contributed by atoms with E-state index in [1.165, 1.54) is 10.6 Å². The number of amides is 1. The minimum Gasteiger partial charge on any atom is -0.346 e. The third-order valence-electron chi connectivity index (χ3n) is 3.12. The lowest BCUT2D eigenvalue weighted by molar-refractivity contribution is -0.130. The van der Waals surface area contributed by atoms with Gasteiger partial charge in [-0.3, -0.25) is 4.79 Å².